The molecule has 122 valence electrons. The van der Waals surface area contributed by atoms with Crippen LogP contribution in [0.5, 0.6) is 5.75 Å². The van der Waals surface area contributed by atoms with Crippen molar-refractivity contribution in [1.82, 2.24) is 4.90 Å². The summed E-state index contributed by atoms with van der Waals surface area (Å²) in [5.74, 6) is 0.632. The molecule has 0 radical (unpaired) electrons. The van der Waals surface area contributed by atoms with Crippen molar-refractivity contribution in [1.29, 1.82) is 0 Å². The summed E-state index contributed by atoms with van der Waals surface area (Å²) in [4.78, 5) is 14.2. The first-order valence-electron chi connectivity index (χ1n) is 7.44. The summed E-state index contributed by atoms with van der Waals surface area (Å²) in [5.41, 5.74) is 1.86. The summed E-state index contributed by atoms with van der Waals surface area (Å²) < 4.78 is 5.22. The molecule has 5 heteroatoms. The first-order chi connectivity index (χ1) is 11.1. The number of carbonyl (C=O) groups is 1. The van der Waals surface area contributed by atoms with Gasteiger partial charge in [-0.2, -0.15) is 0 Å². The molecule has 0 unspecified atom stereocenters. The molecule has 1 amide bonds. The number of amides is 1. The number of nitrogens with one attached hydrogen (secondary N) is 1. The summed E-state index contributed by atoms with van der Waals surface area (Å²) in [7, 11) is 3.58. The van der Waals surface area contributed by atoms with E-state index in [4.69, 9.17) is 16.3 Å². The number of methoxy groups -OCH3 is 1. The van der Waals surface area contributed by atoms with Crippen LogP contribution in [0.2, 0.25) is 5.02 Å². The predicted octanol–water partition coefficient (Wildman–Crippen LogP) is 3.81. The molecule has 0 aliphatic carbocycles. The van der Waals surface area contributed by atoms with Crippen molar-refractivity contribution in [2.75, 3.05) is 26.0 Å². The van der Waals surface area contributed by atoms with Crippen LogP contribution in [-0.4, -0.2) is 31.5 Å². The second-order valence-corrected chi connectivity index (χ2v) is 5.80. The Morgan fingerprint density at radius 1 is 1.17 bits per heavy atom. The maximum Gasteiger partial charge on any atom is 0.225 e. The standard InChI is InChI=1S/C18H21ClN2O2/c1-21(13-14-7-9-15(19)10-8-14)12-11-18(22)20-16-5-3-4-6-17(16)23-2/h3-10H,11-13H2,1-2H3,(H,20,22). The van der Waals surface area contributed by atoms with Crippen LogP contribution in [0.4, 0.5) is 5.69 Å². The number of anilines is 1. The highest BCUT2D eigenvalue weighted by molar-refractivity contribution is 6.30. The Morgan fingerprint density at radius 2 is 1.87 bits per heavy atom. The first kappa shape index (κ1) is 17.3. The molecule has 1 N–H and O–H groups in total. The molecule has 2 aromatic rings. The van der Waals surface area contributed by atoms with Crippen molar-refractivity contribution in [3.63, 3.8) is 0 Å². The smallest absolute Gasteiger partial charge is 0.225 e. The molecule has 2 rings (SSSR count). The predicted molar refractivity (Wildman–Crippen MR) is 94.0 cm³/mol. The van der Waals surface area contributed by atoms with Crippen molar-refractivity contribution in [3.05, 3.63) is 59.1 Å². The van der Waals surface area contributed by atoms with Gasteiger partial charge in [-0.3, -0.25) is 4.79 Å². The van der Waals surface area contributed by atoms with Crippen LogP contribution in [0.1, 0.15) is 12.0 Å². The highest BCUT2D eigenvalue weighted by atomic mass is 35.5. The zero-order chi connectivity index (χ0) is 16.7. The SMILES string of the molecule is COc1ccccc1NC(=O)CCN(C)Cc1ccc(Cl)cc1. The van der Waals surface area contributed by atoms with Gasteiger partial charge in [0.1, 0.15) is 5.75 Å². The summed E-state index contributed by atoms with van der Waals surface area (Å²) in [6.07, 6.45) is 0.419. The van der Waals surface area contributed by atoms with Gasteiger partial charge in [0.2, 0.25) is 5.91 Å². The molecule has 0 atom stereocenters. The monoisotopic (exact) mass is 332 g/mol. The van der Waals surface area contributed by atoms with Gasteiger partial charge in [0.25, 0.3) is 0 Å². The largest absolute Gasteiger partial charge is 0.495 e. The van der Waals surface area contributed by atoms with Crippen molar-refractivity contribution in [2.24, 2.45) is 0 Å². The third-order valence-electron chi connectivity index (χ3n) is 3.47. The quantitative estimate of drug-likeness (QED) is 0.838. The molecule has 0 heterocycles. The van der Waals surface area contributed by atoms with Gasteiger partial charge in [-0.15, -0.1) is 0 Å². The average Bonchev–Trinajstić information content (AvgIpc) is 2.55. The third-order valence-corrected chi connectivity index (χ3v) is 3.72. The third kappa shape index (κ3) is 5.58. The molecule has 23 heavy (non-hydrogen) atoms. The minimum absolute atomic E-state index is 0.0301. The van der Waals surface area contributed by atoms with Crippen LogP contribution in [0, 0.1) is 0 Å². The average molecular weight is 333 g/mol. The van der Waals surface area contributed by atoms with E-state index in [9.17, 15) is 4.79 Å². The number of ether oxygens (including phenoxy) is 1. The van der Waals surface area contributed by atoms with E-state index >= 15 is 0 Å². The fourth-order valence-corrected chi connectivity index (χ4v) is 2.36. The summed E-state index contributed by atoms with van der Waals surface area (Å²) >= 11 is 5.88. The first-order valence-corrected chi connectivity index (χ1v) is 7.82. The number of para-hydroxylation sites is 2. The fourth-order valence-electron chi connectivity index (χ4n) is 2.23. The minimum atomic E-state index is -0.0301. The van der Waals surface area contributed by atoms with Crippen LogP contribution in [0.3, 0.4) is 0 Å². The lowest BCUT2D eigenvalue weighted by Crippen LogP contribution is -2.24. The molecule has 0 aromatic heterocycles. The molecule has 0 spiro atoms. The second kappa shape index (κ2) is 8.56. The maximum atomic E-state index is 12.1. The Bertz CT molecular complexity index is 644. The highest BCUT2D eigenvalue weighted by Gasteiger charge is 2.08. The number of carbonyl (C=O) groups excluding carboxylic acids is 1. The topological polar surface area (TPSA) is 41.6 Å². The van der Waals surface area contributed by atoms with E-state index in [2.05, 4.69) is 10.2 Å². The van der Waals surface area contributed by atoms with Gasteiger partial charge in [0, 0.05) is 24.5 Å². The van der Waals surface area contributed by atoms with E-state index in [0.29, 0.717) is 24.4 Å². The van der Waals surface area contributed by atoms with E-state index in [1.807, 2.05) is 55.6 Å². The van der Waals surface area contributed by atoms with Crippen LogP contribution in [-0.2, 0) is 11.3 Å². The summed E-state index contributed by atoms with van der Waals surface area (Å²) in [6.45, 7) is 1.45. The number of benzene rings is 2. The Kier molecular flexibility index (Phi) is 6.44. The Hall–Kier alpha value is -2.04. The zero-order valence-corrected chi connectivity index (χ0v) is 14.1. The van der Waals surface area contributed by atoms with E-state index < -0.39 is 0 Å². The van der Waals surface area contributed by atoms with Crippen molar-refractivity contribution in [3.8, 4) is 5.75 Å². The van der Waals surface area contributed by atoms with Crippen LogP contribution in [0.25, 0.3) is 0 Å². The van der Waals surface area contributed by atoms with Crippen LogP contribution >= 0.6 is 11.6 Å². The Morgan fingerprint density at radius 3 is 2.57 bits per heavy atom. The van der Waals surface area contributed by atoms with Crippen molar-refractivity contribution >= 4 is 23.2 Å². The summed E-state index contributed by atoms with van der Waals surface area (Å²) in [5, 5.41) is 3.61. The molecule has 4 nitrogen and oxygen atoms in total. The molecular weight excluding hydrogens is 312 g/mol. The number of rotatable bonds is 7. The number of nitrogens with zero attached hydrogens (tertiary/aromatic N) is 1. The van der Waals surface area contributed by atoms with E-state index in [0.717, 1.165) is 11.6 Å². The zero-order valence-electron chi connectivity index (χ0n) is 13.4. The molecule has 0 fully saturated rings. The van der Waals surface area contributed by atoms with E-state index in [1.54, 1.807) is 7.11 Å². The van der Waals surface area contributed by atoms with Gasteiger partial charge >= 0.3 is 0 Å². The van der Waals surface area contributed by atoms with E-state index in [1.165, 1.54) is 5.56 Å². The van der Waals surface area contributed by atoms with Crippen LogP contribution < -0.4 is 10.1 Å². The molecule has 2 aromatic carbocycles. The maximum absolute atomic E-state index is 12.1. The Balaban J connectivity index is 1.80. The lowest BCUT2D eigenvalue weighted by Gasteiger charge is -2.17. The van der Waals surface area contributed by atoms with Gasteiger partial charge in [-0.05, 0) is 36.9 Å². The van der Waals surface area contributed by atoms with Gasteiger partial charge in [0.15, 0.2) is 0 Å². The fraction of sp³-hybridized carbons (Fsp3) is 0.278. The lowest BCUT2D eigenvalue weighted by atomic mass is 10.2. The number of hydrogen-bond acceptors (Lipinski definition) is 3. The van der Waals surface area contributed by atoms with Gasteiger partial charge < -0.3 is 15.0 Å². The normalized spacial score (nSPS) is 10.6. The molecule has 0 bridgehead atoms. The minimum Gasteiger partial charge on any atom is -0.495 e. The Labute approximate surface area is 142 Å². The summed E-state index contributed by atoms with van der Waals surface area (Å²) in [6, 6.07) is 15.1. The van der Waals surface area contributed by atoms with Gasteiger partial charge in [-0.1, -0.05) is 35.9 Å². The van der Waals surface area contributed by atoms with Gasteiger partial charge in [0.05, 0.1) is 12.8 Å². The molecule has 0 aliphatic heterocycles. The number of halogens is 1. The molecule has 0 aliphatic rings. The lowest BCUT2D eigenvalue weighted by molar-refractivity contribution is -0.116. The molecule has 0 saturated heterocycles. The van der Waals surface area contributed by atoms with Gasteiger partial charge in [-0.25, -0.2) is 0 Å². The molecule has 0 saturated carbocycles. The van der Waals surface area contributed by atoms with E-state index in [-0.39, 0.29) is 5.91 Å². The van der Waals surface area contributed by atoms with Crippen molar-refractivity contribution in [2.45, 2.75) is 13.0 Å². The van der Waals surface area contributed by atoms with Crippen molar-refractivity contribution < 1.29 is 9.53 Å². The van der Waals surface area contributed by atoms with Crippen LogP contribution in [0.15, 0.2) is 48.5 Å². The number of hydrogen-bond donors (Lipinski definition) is 1. The molecular formula is C18H21ClN2O2. The highest BCUT2D eigenvalue weighted by Crippen LogP contribution is 2.23. The second-order valence-electron chi connectivity index (χ2n) is 5.36.